The molecule has 1 aliphatic heterocycles. The van der Waals surface area contributed by atoms with Crippen LogP contribution in [-0.4, -0.2) is 24.5 Å². The highest BCUT2D eigenvalue weighted by Crippen LogP contribution is 2.03. The Labute approximate surface area is 70.1 Å². The van der Waals surface area contributed by atoms with Crippen molar-refractivity contribution in [3.05, 3.63) is 12.2 Å². The topological polar surface area (TPSA) is 3.24 Å². The standard InChI is InChI=1S/C10H18N/c1-2-3-5-8-11-9-6-4-7-10-11/h6H,2-3,5,7-10H2,1H3. The van der Waals surface area contributed by atoms with Crippen molar-refractivity contribution >= 4 is 0 Å². The van der Waals surface area contributed by atoms with Gasteiger partial charge in [-0.15, -0.1) is 0 Å². The quantitative estimate of drug-likeness (QED) is 0.558. The van der Waals surface area contributed by atoms with E-state index in [4.69, 9.17) is 0 Å². The summed E-state index contributed by atoms with van der Waals surface area (Å²) < 4.78 is 0. The van der Waals surface area contributed by atoms with Gasteiger partial charge in [-0.2, -0.15) is 0 Å². The van der Waals surface area contributed by atoms with Crippen LogP contribution < -0.4 is 0 Å². The van der Waals surface area contributed by atoms with E-state index in [2.05, 4.69) is 24.0 Å². The molecule has 1 radical (unpaired) electrons. The molecule has 1 aliphatic rings. The van der Waals surface area contributed by atoms with Crippen molar-refractivity contribution in [2.24, 2.45) is 0 Å². The summed E-state index contributed by atoms with van der Waals surface area (Å²) in [7, 11) is 0. The van der Waals surface area contributed by atoms with Crippen LogP contribution in [0.2, 0.25) is 0 Å². The smallest absolute Gasteiger partial charge is 0.0169 e. The molecule has 0 atom stereocenters. The lowest BCUT2D eigenvalue weighted by Crippen LogP contribution is -2.28. The molecule has 0 spiro atoms. The minimum Gasteiger partial charge on any atom is -0.299 e. The molecule has 63 valence electrons. The Morgan fingerprint density at radius 2 is 2.36 bits per heavy atom. The minimum absolute atomic E-state index is 1.13. The van der Waals surface area contributed by atoms with E-state index < -0.39 is 0 Å². The molecule has 1 heteroatoms. The monoisotopic (exact) mass is 152 g/mol. The number of unbranched alkanes of at least 4 members (excludes halogenated alkanes) is 2. The molecule has 11 heavy (non-hydrogen) atoms. The van der Waals surface area contributed by atoms with Gasteiger partial charge in [0.2, 0.25) is 0 Å². The molecule has 0 saturated heterocycles. The lowest BCUT2D eigenvalue weighted by atomic mass is 10.2. The first kappa shape index (κ1) is 8.79. The van der Waals surface area contributed by atoms with Gasteiger partial charge in [0.1, 0.15) is 0 Å². The van der Waals surface area contributed by atoms with Crippen LogP contribution in [-0.2, 0) is 0 Å². The van der Waals surface area contributed by atoms with Crippen LogP contribution in [0.25, 0.3) is 0 Å². The third-order valence-electron chi connectivity index (χ3n) is 2.14. The Balaban J connectivity index is 2.02. The van der Waals surface area contributed by atoms with Gasteiger partial charge >= 0.3 is 0 Å². The maximum atomic E-state index is 3.24. The third-order valence-corrected chi connectivity index (χ3v) is 2.14. The highest BCUT2D eigenvalue weighted by Gasteiger charge is 2.03. The van der Waals surface area contributed by atoms with Crippen molar-refractivity contribution in [2.75, 3.05) is 19.6 Å². The maximum Gasteiger partial charge on any atom is 0.0169 e. The lowest BCUT2D eigenvalue weighted by molar-refractivity contribution is 0.289. The first-order valence-corrected chi connectivity index (χ1v) is 4.71. The van der Waals surface area contributed by atoms with Crippen LogP contribution in [0.15, 0.2) is 6.08 Å². The summed E-state index contributed by atoms with van der Waals surface area (Å²) in [5.41, 5.74) is 0. The van der Waals surface area contributed by atoms with Crippen LogP contribution in [0.3, 0.4) is 0 Å². The predicted molar refractivity (Wildman–Crippen MR) is 48.4 cm³/mol. The van der Waals surface area contributed by atoms with E-state index in [0.29, 0.717) is 0 Å². The minimum atomic E-state index is 1.13. The van der Waals surface area contributed by atoms with E-state index in [0.717, 1.165) is 13.0 Å². The second-order valence-electron chi connectivity index (χ2n) is 3.17. The van der Waals surface area contributed by atoms with Crippen LogP contribution in [0.5, 0.6) is 0 Å². The fourth-order valence-corrected chi connectivity index (χ4v) is 1.40. The largest absolute Gasteiger partial charge is 0.299 e. The molecular formula is C10H18N. The molecule has 1 heterocycles. The number of rotatable bonds is 4. The highest BCUT2D eigenvalue weighted by atomic mass is 15.1. The third kappa shape index (κ3) is 3.57. The average molecular weight is 152 g/mol. The molecule has 0 aromatic carbocycles. The molecule has 1 rings (SSSR count). The van der Waals surface area contributed by atoms with Gasteiger partial charge in [-0.25, -0.2) is 0 Å². The first-order valence-electron chi connectivity index (χ1n) is 4.71. The van der Waals surface area contributed by atoms with Crippen LogP contribution in [0.4, 0.5) is 0 Å². The first-order chi connectivity index (χ1) is 5.43. The summed E-state index contributed by atoms with van der Waals surface area (Å²) in [6.45, 7) is 5.89. The molecule has 0 aromatic heterocycles. The van der Waals surface area contributed by atoms with Crippen molar-refractivity contribution in [3.63, 3.8) is 0 Å². The molecular weight excluding hydrogens is 134 g/mol. The Bertz CT molecular complexity index is 118. The summed E-state index contributed by atoms with van der Waals surface area (Å²) in [4.78, 5) is 2.51. The fourth-order valence-electron chi connectivity index (χ4n) is 1.40. The molecule has 1 nitrogen and oxygen atoms in total. The van der Waals surface area contributed by atoms with Gasteiger partial charge in [-0.3, -0.25) is 4.90 Å². The van der Waals surface area contributed by atoms with Crippen LogP contribution >= 0.6 is 0 Å². The van der Waals surface area contributed by atoms with Crippen molar-refractivity contribution < 1.29 is 0 Å². The summed E-state index contributed by atoms with van der Waals surface area (Å²) in [5.74, 6) is 0. The normalized spacial score (nSPS) is 19.0. The predicted octanol–water partition coefficient (Wildman–Crippen LogP) is 2.24. The summed E-state index contributed by atoms with van der Waals surface area (Å²) in [5, 5.41) is 0. The van der Waals surface area contributed by atoms with Gasteiger partial charge in [0.05, 0.1) is 0 Å². The van der Waals surface area contributed by atoms with Crippen molar-refractivity contribution in [3.8, 4) is 0 Å². The van der Waals surface area contributed by atoms with E-state index in [1.807, 2.05) is 0 Å². The Kier molecular flexibility index (Phi) is 4.29. The van der Waals surface area contributed by atoms with Crippen molar-refractivity contribution in [1.82, 2.24) is 4.90 Å². The van der Waals surface area contributed by atoms with E-state index in [-0.39, 0.29) is 0 Å². The Morgan fingerprint density at radius 3 is 3.00 bits per heavy atom. The summed E-state index contributed by atoms with van der Waals surface area (Å²) in [6.07, 6.45) is 10.6. The fraction of sp³-hybridized carbons (Fsp3) is 0.800. The zero-order valence-electron chi connectivity index (χ0n) is 7.47. The highest BCUT2D eigenvalue weighted by molar-refractivity contribution is 4.84. The van der Waals surface area contributed by atoms with Gasteiger partial charge in [0.15, 0.2) is 0 Å². The average Bonchev–Trinajstić information content (AvgIpc) is 2.07. The van der Waals surface area contributed by atoms with Gasteiger partial charge in [0.25, 0.3) is 0 Å². The number of hydrogen-bond donors (Lipinski definition) is 0. The van der Waals surface area contributed by atoms with Gasteiger partial charge < -0.3 is 0 Å². The van der Waals surface area contributed by atoms with Crippen LogP contribution in [0.1, 0.15) is 32.6 Å². The van der Waals surface area contributed by atoms with E-state index in [1.165, 1.54) is 32.4 Å². The van der Waals surface area contributed by atoms with Crippen molar-refractivity contribution in [1.29, 1.82) is 0 Å². The lowest BCUT2D eigenvalue weighted by Gasteiger charge is -2.22. The molecule has 0 unspecified atom stereocenters. The summed E-state index contributed by atoms with van der Waals surface area (Å²) >= 11 is 0. The molecule has 0 amide bonds. The molecule has 0 saturated carbocycles. The van der Waals surface area contributed by atoms with Gasteiger partial charge in [-0.1, -0.05) is 25.8 Å². The van der Waals surface area contributed by atoms with E-state index in [1.54, 1.807) is 0 Å². The molecule has 0 aliphatic carbocycles. The van der Waals surface area contributed by atoms with E-state index >= 15 is 0 Å². The van der Waals surface area contributed by atoms with Gasteiger partial charge in [-0.05, 0) is 25.5 Å². The zero-order valence-corrected chi connectivity index (χ0v) is 7.47. The zero-order chi connectivity index (χ0) is 7.94. The molecule has 0 bridgehead atoms. The van der Waals surface area contributed by atoms with Crippen molar-refractivity contribution in [2.45, 2.75) is 32.6 Å². The molecule has 0 aromatic rings. The molecule has 0 N–H and O–H groups in total. The number of nitrogens with zero attached hydrogens (tertiary/aromatic N) is 1. The second-order valence-corrected chi connectivity index (χ2v) is 3.17. The van der Waals surface area contributed by atoms with Gasteiger partial charge in [0, 0.05) is 13.1 Å². The van der Waals surface area contributed by atoms with E-state index in [9.17, 15) is 0 Å². The Hall–Kier alpha value is -0.300. The summed E-state index contributed by atoms with van der Waals surface area (Å²) in [6, 6.07) is 0. The Morgan fingerprint density at radius 1 is 1.45 bits per heavy atom. The number of hydrogen-bond acceptors (Lipinski definition) is 1. The molecule has 0 fully saturated rings. The maximum absolute atomic E-state index is 3.24. The SMILES string of the molecule is CCCCCN1CC=[C]CC1. The van der Waals surface area contributed by atoms with Crippen LogP contribution in [0, 0.1) is 6.08 Å². The second kappa shape index (κ2) is 5.36.